The first-order valence-corrected chi connectivity index (χ1v) is 8.78. The summed E-state index contributed by atoms with van der Waals surface area (Å²) in [6, 6.07) is 8.42. The molecule has 0 bridgehead atoms. The van der Waals surface area contributed by atoms with Crippen LogP contribution in [0.1, 0.15) is 6.92 Å². The van der Waals surface area contributed by atoms with Crippen LogP contribution in [0.2, 0.25) is 0 Å². The van der Waals surface area contributed by atoms with E-state index >= 15 is 0 Å². The maximum absolute atomic E-state index is 12.2. The average molecular weight is 413 g/mol. The number of hydrogen-bond acceptors (Lipinski definition) is 6. The molecule has 0 radical (unpaired) electrons. The molecule has 0 aliphatic rings. The van der Waals surface area contributed by atoms with Crippen molar-refractivity contribution >= 4 is 28.7 Å². The van der Waals surface area contributed by atoms with Gasteiger partial charge in [-0.3, -0.25) is 9.59 Å². The first-order chi connectivity index (χ1) is 13.2. The number of alkyl halides is 3. The van der Waals surface area contributed by atoms with Gasteiger partial charge in [-0.2, -0.15) is 0 Å². The van der Waals surface area contributed by atoms with E-state index in [1.807, 2.05) is 0 Å². The number of H-pyrrole nitrogens is 2. The van der Waals surface area contributed by atoms with Crippen molar-refractivity contribution in [3.05, 3.63) is 57.1 Å². The fourth-order valence-electron chi connectivity index (χ4n) is 2.31. The number of benzene rings is 2. The van der Waals surface area contributed by atoms with Gasteiger partial charge in [0.1, 0.15) is 11.5 Å². The smallest absolute Gasteiger partial charge is 0.493 e. The Morgan fingerprint density at radius 1 is 1.04 bits per heavy atom. The lowest BCUT2D eigenvalue weighted by Gasteiger charge is -2.13. The summed E-state index contributed by atoms with van der Waals surface area (Å²) in [7, 11) is 0. The van der Waals surface area contributed by atoms with Crippen molar-refractivity contribution in [1.82, 2.24) is 9.97 Å². The van der Waals surface area contributed by atoms with Crippen molar-refractivity contribution < 1.29 is 22.6 Å². The molecule has 0 spiro atoms. The molecule has 0 aliphatic heterocycles. The zero-order chi connectivity index (χ0) is 20.3. The summed E-state index contributed by atoms with van der Waals surface area (Å²) in [6.45, 7) is 2.16. The molecule has 0 atom stereocenters. The predicted molar refractivity (Wildman–Crippen MR) is 99.0 cm³/mol. The molecule has 1 heterocycles. The molecular weight excluding hydrogens is 399 g/mol. The van der Waals surface area contributed by atoms with Crippen LogP contribution >= 0.6 is 11.9 Å². The summed E-state index contributed by atoms with van der Waals surface area (Å²) < 4.78 is 49.0. The van der Waals surface area contributed by atoms with E-state index in [2.05, 4.69) is 19.4 Å². The van der Waals surface area contributed by atoms with Gasteiger partial charge in [0.05, 0.1) is 22.5 Å². The SMILES string of the molecule is CCOc1cc2[nH]c(=O)c(=O)[nH]c2cc1SNc1ccc(OC(F)(F)F)cc1. The van der Waals surface area contributed by atoms with Gasteiger partial charge in [0.25, 0.3) is 0 Å². The standard InChI is InChI=1S/C17H14F3N3O4S/c1-2-26-13-7-11-12(22-16(25)15(24)21-11)8-14(13)28-23-9-3-5-10(6-4-9)27-17(18,19)20/h3-8,23H,2H2,1H3,(H,21,24)(H,22,25). The highest BCUT2D eigenvalue weighted by Gasteiger charge is 2.30. The summed E-state index contributed by atoms with van der Waals surface area (Å²) in [5.41, 5.74) is -0.204. The van der Waals surface area contributed by atoms with Crippen molar-refractivity contribution in [1.29, 1.82) is 0 Å². The largest absolute Gasteiger partial charge is 0.573 e. The van der Waals surface area contributed by atoms with E-state index in [9.17, 15) is 22.8 Å². The van der Waals surface area contributed by atoms with Gasteiger partial charge in [0, 0.05) is 11.8 Å². The number of nitrogens with one attached hydrogen (secondary N) is 3. The topological polar surface area (TPSA) is 96.2 Å². The van der Waals surface area contributed by atoms with E-state index in [4.69, 9.17) is 4.74 Å². The number of aromatic amines is 2. The Balaban J connectivity index is 1.82. The van der Waals surface area contributed by atoms with Gasteiger partial charge >= 0.3 is 17.5 Å². The minimum absolute atomic E-state index is 0.328. The van der Waals surface area contributed by atoms with Gasteiger partial charge < -0.3 is 24.2 Å². The van der Waals surface area contributed by atoms with Crippen molar-refractivity contribution in [3.63, 3.8) is 0 Å². The minimum atomic E-state index is -4.75. The second-order valence-corrected chi connectivity index (χ2v) is 6.31. The summed E-state index contributed by atoms with van der Waals surface area (Å²) in [5, 5.41) is 0. The normalized spacial score (nSPS) is 11.4. The predicted octanol–water partition coefficient (Wildman–Crippen LogP) is 3.63. The summed E-state index contributed by atoms with van der Waals surface area (Å²) in [6.07, 6.45) is -4.75. The molecule has 2 aromatic carbocycles. The van der Waals surface area contributed by atoms with E-state index in [0.717, 1.165) is 11.9 Å². The quantitative estimate of drug-likeness (QED) is 0.422. The molecular formula is C17H14F3N3O4S. The van der Waals surface area contributed by atoms with Crippen LogP contribution < -0.4 is 25.3 Å². The minimum Gasteiger partial charge on any atom is -0.493 e. The second-order valence-electron chi connectivity index (χ2n) is 5.46. The molecule has 7 nitrogen and oxygen atoms in total. The highest BCUT2D eigenvalue weighted by molar-refractivity contribution is 8.00. The summed E-state index contributed by atoms with van der Waals surface area (Å²) in [4.78, 5) is 28.5. The van der Waals surface area contributed by atoms with E-state index in [1.54, 1.807) is 19.1 Å². The molecule has 0 fully saturated rings. The van der Waals surface area contributed by atoms with Crippen LogP contribution in [0, 0.1) is 0 Å². The Labute approximate surface area is 160 Å². The third-order valence-corrected chi connectivity index (χ3v) is 4.33. The van der Waals surface area contributed by atoms with E-state index in [0.29, 0.717) is 34.0 Å². The molecule has 148 valence electrons. The zero-order valence-electron chi connectivity index (χ0n) is 14.3. The van der Waals surface area contributed by atoms with Crippen molar-refractivity contribution in [2.45, 2.75) is 18.2 Å². The molecule has 1 aromatic heterocycles. The molecule has 0 amide bonds. The molecule has 11 heteroatoms. The van der Waals surface area contributed by atoms with Gasteiger partial charge in [-0.05, 0) is 49.2 Å². The highest BCUT2D eigenvalue weighted by Crippen LogP contribution is 2.33. The number of hydrogen-bond donors (Lipinski definition) is 3. The lowest BCUT2D eigenvalue weighted by Crippen LogP contribution is -2.28. The van der Waals surface area contributed by atoms with Crippen LogP contribution in [-0.4, -0.2) is 22.9 Å². The van der Waals surface area contributed by atoms with E-state index < -0.39 is 17.5 Å². The fourth-order valence-corrected chi connectivity index (χ4v) is 3.07. The lowest BCUT2D eigenvalue weighted by atomic mass is 10.3. The van der Waals surface area contributed by atoms with Crippen molar-refractivity contribution in [3.8, 4) is 11.5 Å². The van der Waals surface area contributed by atoms with Gasteiger partial charge in [0.15, 0.2) is 0 Å². The Kier molecular flexibility index (Phi) is 5.54. The molecule has 0 aliphatic carbocycles. The van der Waals surface area contributed by atoms with Gasteiger partial charge in [-0.1, -0.05) is 0 Å². The number of anilines is 1. The first-order valence-electron chi connectivity index (χ1n) is 7.97. The number of aromatic nitrogens is 2. The first kappa shape index (κ1) is 19.7. The lowest BCUT2D eigenvalue weighted by molar-refractivity contribution is -0.274. The summed E-state index contributed by atoms with van der Waals surface area (Å²) in [5.74, 6) is 0.137. The molecule has 0 unspecified atom stereocenters. The van der Waals surface area contributed by atoms with Gasteiger partial charge in [-0.15, -0.1) is 13.2 Å². The Morgan fingerprint density at radius 2 is 1.64 bits per heavy atom. The molecule has 3 rings (SSSR count). The maximum atomic E-state index is 12.2. The monoisotopic (exact) mass is 413 g/mol. The third-order valence-electron chi connectivity index (χ3n) is 3.45. The zero-order valence-corrected chi connectivity index (χ0v) is 15.2. The van der Waals surface area contributed by atoms with Gasteiger partial charge in [-0.25, -0.2) is 0 Å². The molecule has 28 heavy (non-hydrogen) atoms. The van der Waals surface area contributed by atoms with Crippen molar-refractivity contribution in [2.24, 2.45) is 0 Å². The number of fused-ring (bicyclic) bond motifs is 1. The highest BCUT2D eigenvalue weighted by atomic mass is 32.2. The molecule has 3 aromatic rings. The van der Waals surface area contributed by atoms with Crippen LogP contribution in [0.3, 0.4) is 0 Å². The Bertz CT molecular complexity index is 1090. The fraction of sp³-hybridized carbons (Fsp3) is 0.176. The Morgan fingerprint density at radius 3 is 2.21 bits per heavy atom. The van der Waals surface area contributed by atoms with Gasteiger partial charge in [0.2, 0.25) is 0 Å². The molecule has 3 N–H and O–H groups in total. The van der Waals surface area contributed by atoms with E-state index in [1.165, 1.54) is 24.3 Å². The van der Waals surface area contributed by atoms with Crippen LogP contribution in [0.15, 0.2) is 50.9 Å². The van der Waals surface area contributed by atoms with Crippen molar-refractivity contribution in [2.75, 3.05) is 11.3 Å². The number of halogens is 3. The molecule has 0 saturated carbocycles. The second kappa shape index (κ2) is 7.89. The summed E-state index contributed by atoms with van der Waals surface area (Å²) >= 11 is 1.13. The maximum Gasteiger partial charge on any atom is 0.573 e. The van der Waals surface area contributed by atoms with Crippen LogP contribution in [-0.2, 0) is 0 Å². The van der Waals surface area contributed by atoms with Crippen LogP contribution in [0.25, 0.3) is 11.0 Å². The third kappa shape index (κ3) is 4.80. The Hall–Kier alpha value is -3.08. The number of ether oxygens (including phenoxy) is 2. The van der Waals surface area contributed by atoms with E-state index in [-0.39, 0.29) is 5.75 Å². The molecule has 0 saturated heterocycles. The van der Waals surface area contributed by atoms with Crippen LogP contribution in [0.5, 0.6) is 11.5 Å². The van der Waals surface area contributed by atoms with Crippen LogP contribution in [0.4, 0.5) is 18.9 Å². The average Bonchev–Trinajstić information content (AvgIpc) is 2.61. The number of rotatable bonds is 6.